The van der Waals surface area contributed by atoms with Gasteiger partial charge in [-0.2, -0.15) is 0 Å². The van der Waals surface area contributed by atoms with Crippen LogP contribution < -0.4 is 0 Å². The first-order chi connectivity index (χ1) is 11.0. The fourth-order valence-electron chi connectivity index (χ4n) is 2.19. The van der Waals surface area contributed by atoms with Gasteiger partial charge in [-0.1, -0.05) is 46.3 Å². The molecule has 3 rings (SSSR count). The summed E-state index contributed by atoms with van der Waals surface area (Å²) in [5.41, 5.74) is 1.13. The van der Waals surface area contributed by atoms with E-state index < -0.39 is 11.7 Å². The number of rotatable bonds is 3. The minimum Gasteiger partial charge on any atom is -0.268 e. The normalized spacial score (nSPS) is 16.4. The number of hydrogen-bond donors (Lipinski definition) is 0. The third kappa shape index (κ3) is 3.54. The van der Waals surface area contributed by atoms with Crippen LogP contribution >= 0.6 is 27.7 Å². The molecule has 23 heavy (non-hydrogen) atoms. The molecule has 0 N–H and O–H groups in total. The average Bonchev–Trinajstić information content (AvgIpc) is 2.77. The summed E-state index contributed by atoms with van der Waals surface area (Å²) in [5.74, 6) is -0.825. The number of carbonyl (C=O) groups excluding carboxylic acids is 2. The lowest BCUT2D eigenvalue weighted by molar-refractivity contribution is -0.123. The molecule has 0 spiro atoms. The minimum absolute atomic E-state index is 0.193. The zero-order valence-corrected chi connectivity index (χ0v) is 14.2. The maximum Gasteiger partial charge on any atom is 0.293 e. The van der Waals surface area contributed by atoms with Crippen molar-refractivity contribution in [1.82, 2.24) is 4.90 Å². The molecular formula is C17H11BrFNO2S. The van der Waals surface area contributed by atoms with Crippen LogP contribution in [0.15, 0.2) is 57.9 Å². The Morgan fingerprint density at radius 1 is 1.13 bits per heavy atom. The van der Waals surface area contributed by atoms with E-state index in [2.05, 4.69) is 15.9 Å². The van der Waals surface area contributed by atoms with Gasteiger partial charge in [0, 0.05) is 10.0 Å². The summed E-state index contributed by atoms with van der Waals surface area (Å²) < 4.78 is 14.6. The third-order valence-corrected chi connectivity index (χ3v) is 4.70. The molecule has 1 aliphatic heterocycles. The van der Waals surface area contributed by atoms with Crippen LogP contribution in [0.2, 0.25) is 0 Å². The molecule has 2 aromatic carbocycles. The van der Waals surface area contributed by atoms with Gasteiger partial charge in [-0.05, 0) is 41.6 Å². The molecule has 116 valence electrons. The number of carbonyl (C=O) groups is 2. The minimum atomic E-state index is -0.425. The van der Waals surface area contributed by atoms with E-state index in [1.54, 1.807) is 18.2 Å². The SMILES string of the molecule is O=C1S/C(=C/c2ccccc2F)C(=O)N1Cc1cccc(Br)c1. The number of benzene rings is 2. The van der Waals surface area contributed by atoms with Crippen molar-refractivity contribution >= 4 is 44.9 Å². The van der Waals surface area contributed by atoms with Crippen LogP contribution in [0.5, 0.6) is 0 Å². The molecule has 0 saturated carbocycles. The zero-order valence-electron chi connectivity index (χ0n) is 11.8. The first-order valence-electron chi connectivity index (χ1n) is 6.79. The zero-order chi connectivity index (χ0) is 16.4. The van der Waals surface area contributed by atoms with Crippen LogP contribution in [-0.2, 0) is 11.3 Å². The topological polar surface area (TPSA) is 37.4 Å². The van der Waals surface area contributed by atoms with E-state index in [0.29, 0.717) is 5.56 Å². The van der Waals surface area contributed by atoms with Crippen molar-refractivity contribution in [2.45, 2.75) is 6.54 Å². The van der Waals surface area contributed by atoms with Gasteiger partial charge in [0.2, 0.25) is 0 Å². The molecule has 1 saturated heterocycles. The van der Waals surface area contributed by atoms with Gasteiger partial charge in [0.25, 0.3) is 11.1 Å². The van der Waals surface area contributed by atoms with E-state index in [1.807, 2.05) is 24.3 Å². The molecule has 1 heterocycles. The maximum atomic E-state index is 13.7. The number of imide groups is 1. The fraction of sp³-hybridized carbons (Fsp3) is 0.0588. The van der Waals surface area contributed by atoms with Gasteiger partial charge in [-0.15, -0.1) is 0 Å². The monoisotopic (exact) mass is 391 g/mol. The van der Waals surface area contributed by atoms with Crippen molar-refractivity contribution in [2.75, 3.05) is 0 Å². The molecule has 0 unspecified atom stereocenters. The van der Waals surface area contributed by atoms with Crippen LogP contribution in [0.1, 0.15) is 11.1 Å². The molecule has 0 aliphatic carbocycles. The van der Waals surface area contributed by atoms with Crippen LogP contribution in [0.3, 0.4) is 0 Å². The summed E-state index contributed by atoms with van der Waals surface area (Å²) in [6.45, 7) is 0.193. The summed E-state index contributed by atoms with van der Waals surface area (Å²) in [6.07, 6.45) is 1.42. The van der Waals surface area contributed by atoms with Gasteiger partial charge in [-0.3, -0.25) is 14.5 Å². The van der Waals surface area contributed by atoms with Crippen molar-refractivity contribution in [3.05, 3.63) is 74.9 Å². The highest BCUT2D eigenvalue weighted by Crippen LogP contribution is 2.33. The first-order valence-corrected chi connectivity index (χ1v) is 8.40. The van der Waals surface area contributed by atoms with Gasteiger partial charge in [-0.25, -0.2) is 4.39 Å². The molecule has 0 radical (unpaired) electrons. The summed E-state index contributed by atoms with van der Waals surface area (Å²) in [7, 11) is 0. The largest absolute Gasteiger partial charge is 0.293 e. The number of nitrogens with zero attached hydrogens (tertiary/aromatic N) is 1. The van der Waals surface area contributed by atoms with E-state index in [-0.39, 0.29) is 16.7 Å². The Balaban J connectivity index is 1.84. The Kier molecular flexibility index (Phi) is 4.63. The van der Waals surface area contributed by atoms with Crippen molar-refractivity contribution in [2.24, 2.45) is 0 Å². The van der Waals surface area contributed by atoms with Gasteiger partial charge in [0.1, 0.15) is 5.82 Å². The first kappa shape index (κ1) is 16.0. The number of hydrogen-bond acceptors (Lipinski definition) is 3. The molecule has 3 nitrogen and oxygen atoms in total. The van der Waals surface area contributed by atoms with Crippen LogP contribution in [-0.4, -0.2) is 16.0 Å². The Morgan fingerprint density at radius 3 is 2.65 bits per heavy atom. The van der Waals surface area contributed by atoms with Gasteiger partial charge < -0.3 is 0 Å². The average molecular weight is 392 g/mol. The highest BCUT2D eigenvalue weighted by atomic mass is 79.9. The summed E-state index contributed by atoms with van der Waals surface area (Å²) in [4.78, 5) is 25.9. The van der Waals surface area contributed by atoms with Crippen LogP contribution in [0, 0.1) is 5.82 Å². The molecule has 2 amide bonds. The second kappa shape index (κ2) is 6.68. The number of thioether (sulfide) groups is 1. The van der Waals surface area contributed by atoms with E-state index in [1.165, 1.54) is 17.0 Å². The molecule has 6 heteroatoms. The van der Waals surface area contributed by atoms with Crippen molar-refractivity contribution in [3.8, 4) is 0 Å². The Hall–Kier alpha value is -1.92. The Morgan fingerprint density at radius 2 is 1.91 bits per heavy atom. The van der Waals surface area contributed by atoms with E-state index in [0.717, 1.165) is 21.8 Å². The smallest absolute Gasteiger partial charge is 0.268 e. The highest BCUT2D eigenvalue weighted by molar-refractivity contribution is 9.10. The third-order valence-electron chi connectivity index (χ3n) is 3.30. The van der Waals surface area contributed by atoms with E-state index in [9.17, 15) is 14.0 Å². The lowest BCUT2D eigenvalue weighted by Crippen LogP contribution is -2.27. The fourth-order valence-corrected chi connectivity index (χ4v) is 3.46. The predicted octanol–water partition coefficient (Wildman–Crippen LogP) is 4.82. The predicted molar refractivity (Wildman–Crippen MR) is 92.1 cm³/mol. The Labute approximate surface area is 145 Å². The van der Waals surface area contributed by atoms with Gasteiger partial charge in [0.05, 0.1) is 11.4 Å². The highest BCUT2D eigenvalue weighted by Gasteiger charge is 2.35. The van der Waals surface area contributed by atoms with E-state index in [4.69, 9.17) is 0 Å². The lowest BCUT2D eigenvalue weighted by atomic mass is 10.2. The molecule has 0 atom stereocenters. The number of halogens is 2. The van der Waals surface area contributed by atoms with Crippen molar-refractivity contribution in [1.29, 1.82) is 0 Å². The molecule has 1 aliphatic rings. The van der Waals surface area contributed by atoms with Crippen molar-refractivity contribution in [3.63, 3.8) is 0 Å². The molecule has 0 aromatic heterocycles. The second-order valence-electron chi connectivity index (χ2n) is 4.92. The number of amides is 2. The quantitative estimate of drug-likeness (QED) is 0.703. The standard InChI is InChI=1S/C17H11BrFNO2S/c18-13-6-3-4-11(8-13)10-20-16(21)15(23-17(20)22)9-12-5-1-2-7-14(12)19/h1-9H,10H2/b15-9+. The Bertz CT molecular complexity index is 822. The molecule has 0 bridgehead atoms. The lowest BCUT2D eigenvalue weighted by Gasteiger charge is -2.12. The molecule has 1 fully saturated rings. The summed E-state index contributed by atoms with van der Waals surface area (Å²) >= 11 is 4.19. The van der Waals surface area contributed by atoms with Crippen LogP contribution in [0.25, 0.3) is 6.08 Å². The maximum absolute atomic E-state index is 13.7. The van der Waals surface area contributed by atoms with Gasteiger partial charge >= 0.3 is 0 Å². The van der Waals surface area contributed by atoms with Crippen molar-refractivity contribution < 1.29 is 14.0 Å². The van der Waals surface area contributed by atoms with Crippen LogP contribution in [0.4, 0.5) is 9.18 Å². The van der Waals surface area contributed by atoms with E-state index >= 15 is 0 Å². The molecule has 2 aromatic rings. The molecular weight excluding hydrogens is 381 g/mol. The summed E-state index contributed by atoms with van der Waals surface area (Å²) in [5, 5.41) is -0.349. The second-order valence-corrected chi connectivity index (χ2v) is 6.83. The summed E-state index contributed by atoms with van der Waals surface area (Å²) in [6, 6.07) is 13.5. The van der Waals surface area contributed by atoms with Gasteiger partial charge in [0.15, 0.2) is 0 Å².